The van der Waals surface area contributed by atoms with Crippen LogP contribution >= 0.6 is 0 Å². The van der Waals surface area contributed by atoms with Crippen molar-refractivity contribution in [2.75, 3.05) is 26.7 Å². The number of hydrogen-bond acceptors (Lipinski definition) is 3. The second-order valence-corrected chi connectivity index (χ2v) is 5.43. The minimum atomic E-state index is -0.0820. The van der Waals surface area contributed by atoms with Crippen LogP contribution in [0, 0.1) is 0 Å². The van der Waals surface area contributed by atoms with Crippen molar-refractivity contribution in [1.29, 1.82) is 0 Å². The third kappa shape index (κ3) is 2.58. The fourth-order valence-electron chi connectivity index (χ4n) is 3.42. The van der Waals surface area contributed by atoms with E-state index in [1.54, 1.807) is 0 Å². The largest absolute Gasteiger partial charge is 0.391 e. The highest BCUT2D eigenvalue weighted by molar-refractivity contribution is 4.87. The second kappa shape index (κ2) is 5.48. The molecule has 16 heavy (non-hydrogen) atoms. The first-order chi connectivity index (χ1) is 7.72. The number of rotatable bonds is 4. The molecule has 1 aliphatic heterocycles. The molecule has 1 N–H and O–H groups in total. The summed E-state index contributed by atoms with van der Waals surface area (Å²) in [6.45, 7) is 5.83. The van der Waals surface area contributed by atoms with Gasteiger partial charge in [-0.25, -0.2) is 0 Å². The highest BCUT2D eigenvalue weighted by Crippen LogP contribution is 2.25. The van der Waals surface area contributed by atoms with Crippen molar-refractivity contribution in [3.05, 3.63) is 0 Å². The Hall–Kier alpha value is -0.120. The molecule has 2 aliphatic rings. The molecule has 1 unspecified atom stereocenters. The van der Waals surface area contributed by atoms with Gasteiger partial charge in [0.15, 0.2) is 0 Å². The van der Waals surface area contributed by atoms with Crippen LogP contribution in [0.1, 0.15) is 39.0 Å². The molecule has 3 heteroatoms. The van der Waals surface area contributed by atoms with Crippen molar-refractivity contribution < 1.29 is 5.11 Å². The lowest BCUT2D eigenvalue weighted by Crippen LogP contribution is -2.45. The summed E-state index contributed by atoms with van der Waals surface area (Å²) in [5, 5.41) is 9.90. The van der Waals surface area contributed by atoms with Gasteiger partial charge in [-0.05, 0) is 52.2 Å². The summed E-state index contributed by atoms with van der Waals surface area (Å²) >= 11 is 0. The fourth-order valence-corrected chi connectivity index (χ4v) is 3.42. The zero-order valence-electron chi connectivity index (χ0n) is 10.7. The van der Waals surface area contributed by atoms with E-state index in [1.807, 2.05) is 0 Å². The summed E-state index contributed by atoms with van der Waals surface area (Å²) < 4.78 is 0. The smallest absolute Gasteiger partial charge is 0.0695 e. The van der Waals surface area contributed by atoms with Gasteiger partial charge in [-0.15, -0.1) is 0 Å². The fraction of sp³-hybridized carbons (Fsp3) is 1.00. The van der Waals surface area contributed by atoms with Crippen LogP contribution < -0.4 is 0 Å². The quantitative estimate of drug-likeness (QED) is 0.783. The number of aliphatic hydroxyl groups is 1. The number of hydrogen-bond donors (Lipinski definition) is 1. The van der Waals surface area contributed by atoms with Crippen LogP contribution in [0.5, 0.6) is 0 Å². The third-order valence-electron chi connectivity index (χ3n) is 4.41. The highest BCUT2D eigenvalue weighted by Gasteiger charge is 2.31. The van der Waals surface area contributed by atoms with Crippen molar-refractivity contribution >= 4 is 0 Å². The summed E-state index contributed by atoms with van der Waals surface area (Å²) in [7, 11) is 2.19. The monoisotopic (exact) mass is 226 g/mol. The normalized spacial score (nSPS) is 36.4. The summed E-state index contributed by atoms with van der Waals surface area (Å²) in [5.74, 6) is 0. The van der Waals surface area contributed by atoms with E-state index in [2.05, 4.69) is 23.8 Å². The van der Waals surface area contributed by atoms with Crippen molar-refractivity contribution in [1.82, 2.24) is 9.80 Å². The maximum absolute atomic E-state index is 9.90. The zero-order chi connectivity index (χ0) is 11.5. The van der Waals surface area contributed by atoms with Crippen molar-refractivity contribution in [3.63, 3.8) is 0 Å². The van der Waals surface area contributed by atoms with E-state index in [9.17, 15) is 5.11 Å². The molecular weight excluding hydrogens is 200 g/mol. The van der Waals surface area contributed by atoms with Gasteiger partial charge in [-0.2, -0.15) is 0 Å². The average molecular weight is 226 g/mol. The van der Waals surface area contributed by atoms with Crippen molar-refractivity contribution in [3.8, 4) is 0 Å². The first-order valence-electron chi connectivity index (χ1n) is 6.84. The van der Waals surface area contributed by atoms with Gasteiger partial charge >= 0.3 is 0 Å². The van der Waals surface area contributed by atoms with E-state index in [4.69, 9.17) is 0 Å². The zero-order valence-corrected chi connectivity index (χ0v) is 10.7. The molecule has 1 saturated heterocycles. The highest BCUT2D eigenvalue weighted by atomic mass is 16.3. The van der Waals surface area contributed by atoms with Crippen LogP contribution in [0.2, 0.25) is 0 Å². The molecule has 0 bridgehead atoms. The number of likely N-dealkylation sites (tertiary alicyclic amines) is 1. The Balaban J connectivity index is 1.84. The van der Waals surface area contributed by atoms with Crippen molar-refractivity contribution in [2.24, 2.45) is 0 Å². The molecule has 0 radical (unpaired) electrons. The lowest BCUT2D eigenvalue weighted by atomic mass is 10.1. The molecule has 0 aromatic carbocycles. The molecular formula is C13H26N2O. The van der Waals surface area contributed by atoms with Gasteiger partial charge in [0.25, 0.3) is 0 Å². The Morgan fingerprint density at radius 3 is 2.69 bits per heavy atom. The maximum Gasteiger partial charge on any atom is 0.0695 e. The van der Waals surface area contributed by atoms with Gasteiger partial charge < -0.3 is 5.11 Å². The molecule has 0 amide bonds. The van der Waals surface area contributed by atoms with Crippen LogP contribution in [0.25, 0.3) is 0 Å². The molecule has 2 fully saturated rings. The predicted molar refractivity (Wildman–Crippen MR) is 66.5 cm³/mol. The predicted octanol–water partition coefficient (Wildman–Crippen LogP) is 1.32. The Morgan fingerprint density at radius 1 is 1.25 bits per heavy atom. The molecule has 3 nitrogen and oxygen atoms in total. The van der Waals surface area contributed by atoms with Crippen molar-refractivity contribution in [2.45, 2.75) is 57.2 Å². The molecule has 3 atom stereocenters. The summed E-state index contributed by atoms with van der Waals surface area (Å²) in [5.41, 5.74) is 0. The molecule has 1 aliphatic carbocycles. The van der Waals surface area contributed by atoms with Gasteiger partial charge in [-0.1, -0.05) is 6.92 Å². The molecule has 0 spiro atoms. The van der Waals surface area contributed by atoms with Gasteiger partial charge in [0.2, 0.25) is 0 Å². The first-order valence-corrected chi connectivity index (χ1v) is 6.84. The Kier molecular flexibility index (Phi) is 4.22. The standard InChI is InChI=1S/C13H26N2O/c1-3-15-9-5-6-11(15)10-14(2)12-7-4-8-13(12)16/h11-13,16H,3-10H2,1-2H3/t11?,12-,13-/m1/s1. The summed E-state index contributed by atoms with van der Waals surface area (Å²) in [6, 6.07) is 1.14. The first kappa shape index (κ1) is 12.3. The number of aliphatic hydroxyl groups excluding tert-OH is 1. The molecule has 94 valence electrons. The van der Waals surface area contributed by atoms with Crippen LogP contribution in [0.3, 0.4) is 0 Å². The van der Waals surface area contributed by atoms with E-state index in [0.29, 0.717) is 6.04 Å². The molecule has 1 heterocycles. The second-order valence-electron chi connectivity index (χ2n) is 5.43. The van der Waals surface area contributed by atoms with Gasteiger partial charge in [-0.3, -0.25) is 9.80 Å². The average Bonchev–Trinajstić information content (AvgIpc) is 2.86. The lowest BCUT2D eigenvalue weighted by Gasteiger charge is -2.32. The molecule has 0 aromatic rings. The van der Waals surface area contributed by atoms with E-state index in [-0.39, 0.29) is 6.10 Å². The lowest BCUT2D eigenvalue weighted by molar-refractivity contribution is 0.0709. The minimum absolute atomic E-state index is 0.0820. The Labute approximate surface area is 99.4 Å². The third-order valence-corrected chi connectivity index (χ3v) is 4.41. The van der Waals surface area contributed by atoms with Gasteiger partial charge in [0.05, 0.1) is 6.10 Å². The molecule has 1 saturated carbocycles. The molecule has 0 aromatic heterocycles. The van der Waals surface area contributed by atoms with Gasteiger partial charge in [0, 0.05) is 18.6 Å². The van der Waals surface area contributed by atoms with Crippen LogP contribution in [0.4, 0.5) is 0 Å². The maximum atomic E-state index is 9.90. The van der Waals surface area contributed by atoms with Crippen LogP contribution in [-0.2, 0) is 0 Å². The van der Waals surface area contributed by atoms with Crippen LogP contribution in [-0.4, -0.2) is 59.8 Å². The van der Waals surface area contributed by atoms with E-state index >= 15 is 0 Å². The van der Waals surface area contributed by atoms with E-state index in [0.717, 1.165) is 19.0 Å². The minimum Gasteiger partial charge on any atom is -0.391 e. The number of likely N-dealkylation sites (N-methyl/N-ethyl adjacent to an activating group) is 2. The van der Waals surface area contributed by atoms with Crippen LogP contribution in [0.15, 0.2) is 0 Å². The SMILES string of the molecule is CCN1CCCC1CN(C)[C@@H]1CCC[C@H]1O. The van der Waals surface area contributed by atoms with Gasteiger partial charge in [0.1, 0.15) is 0 Å². The van der Waals surface area contributed by atoms with E-state index < -0.39 is 0 Å². The summed E-state index contributed by atoms with van der Waals surface area (Å²) in [4.78, 5) is 4.98. The molecule has 2 rings (SSSR count). The topological polar surface area (TPSA) is 26.7 Å². The van der Waals surface area contributed by atoms with E-state index in [1.165, 1.54) is 38.8 Å². The summed E-state index contributed by atoms with van der Waals surface area (Å²) in [6.07, 6.45) is 5.97. The Morgan fingerprint density at radius 2 is 2.06 bits per heavy atom. The Bertz CT molecular complexity index is 222. The number of nitrogens with zero attached hydrogens (tertiary/aromatic N) is 2.